The molecule has 1 aromatic rings. The first kappa shape index (κ1) is 17.0. The van der Waals surface area contributed by atoms with Crippen LogP contribution in [0, 0.1) is 0 Å². The Morgan fingerprint density at radius 3 is 2.79 bits per heavy atom. The number of carbonyl (C=O) groups is 1. The average molecular weight is 355 g/mol. The maximum Gasteiger partial charge on any atom is 0.262 e. The van der Waals surface area contributed by atoms with Gasteiger partial charge in [-0.2, -0.15) is 4.31 Å². The van der Waals surface area contributed by atoms with Gasteiger partial charge in [0.2, 0.25) is 10.0 Å². The van der Waals surface area contributed by atoms with Gasteiger partial charge >= 0.3 is 0 Å². The zero-order valence-corrected chi connectivity index (χ0v) is 14.6. The standard InChI is InChI=1S/C15H21N3O5S/c1-9-7-18(10(2)6-16-9)24(20,21)14-5-12-11(4-13(14)22-3)17-15(19)8-23-12/h4-5,9-10,16H,6-8H2,1-3H3,(H,17,19). The fraction of sp³-hybridized carbons (Fsp3) is 0.533. The highest BCUT2D eigenvalue weighted by Crippen LogP contribution is 2.38. The third-order valence-corrected chi connectivity index (χ3v) is 6.19. The van der Waals surface area contributed by atoms with Crippen molar-refractivity contribution < 1.29 is 22.7 Å². The lowest BCUT2D eigenvalue weighted by Gasteiger charge is -2.36. The van der Waals surface area contributed by atoms with E-state index in [0.29, 0.717) is 24.5 Å². The van der Waals surface area contributed by atoms with E-state index in [-0.39, 0.29) is 35.2 Å². The molecule has 3 rings (SSSR count). The lowest BCUT2D eigenvalue weighted by molar-refractivity contribution is -0.118. The molecule has 0 spiro atoms. The number of nitrogens with zero attached hydrogens (tertiary/aromatic N) is 1. The van der Waals surface area contributed by atoms with Gasteiger partial charge < -0.3 is 20.1 Å². The second kappa shape index (κ2) is 6.23. The lowest BCUT2D eigenvalue weighted by Crippen LogP contribution is -2.56. The van der Waals surface area contributed by atoms with Gasteiger partial charge in [-0.05, 0) is 13.8 Å². The normalized spacial score (nSPS) is 24.7. The van der Waals surface area contributed by atoms with Crippen molar-refractivity contribution in [2.24, 2.45) is 0 Å². The molecular formula is C15H21N3O5S. The molecule has 0 saturated carbocycles. The van der Waals surface area contributed by atoms with Gasteiger partial charge in [0.15, 0.2) is 6.61 Å². The number of amides is 1. The number of hydrogen-bond acceptors (Lipinski definition) is 6. The largest absolute Gasteiger partial charge is 0.495 e. The van der Waals surface area contributed by atoms with Crippen LogP contribution in [0.15, 0.2) is 17.0 Å². The summed E-state index contributed by atoms with van der Waals surface area (Å²) in [5, 5.41) is 5.91. The second-order valence-corrected chi connectivity index (χ2v) is 7.93. The predicted octanol–water partition coefficient (Wildman–Crippen LogP) is 0.397. The number of rotatable bonds is 3. The first-order valence-electron chi connectivity index (χ1n) is 7.73. The van der Waals surface area contributed by atoms with Gasteiger partial charge in [-0.15, -0.1) is 0 Å². The number of ether oxygens (including phenoxy) is 2. The molecule has 0 aliphatic carbocycles. The van der Waals surface area contributed by atoms with Crippen molar-refractivity contribution in [3.8, 4) is 11.5 Å². The molecule has 2 aliphatic heterocycles. The van der Waals surface area contributed by atoms with Gasteiger partial charge in [0, 0.05) is 37.3 Å². The van der Waals surface area contributed by atoms with E-state index in [1.54, 1.807) is 0 Å². The summed E-state index contributed by atoms with van der Waals surface area (Å²) in [6.07, 6.45) is 0. The SMILES string of the molecule is COc1cc2c(cc1S(=O)(=O)N1CC(C)NCC1C)OCC(=O)N2. The van der Waals surface area contributed by atoms with Gasteiger partial charge in [0.05, 0.1) is 12.8 Å². The smallest absolute Gasteiger partial charge is 0.262 e. The summed E-state index contributed by atoms with van der Waals surface area (Å²) in [7, 11) is -2.36. The molecular weight excluding hydrogens is 334 g/mol. The Labute approximate surface area is 141 Å². The highest BCUT2D eigenvalue weighted by Gasteiger charge is 2.36. The van der Waals surface area contributed by atoms with E-state index < -0.39 is 10.0 Å². The molecule has 2 heterocycles. The van der Waals surface area contributed by atoms with E-state index in [1.807, 2.05) is 13.8 Å². The molecule has 2 unspecified atom stereocenters. The summed E-state index contributed by atoms with van der Waals surface area (Å²) in [5.74, 6) is 0.215. The van der Waals surface area contributed by atoms with Crippen LogP contribution in [0.4, 0.5) is 5.69 Å². The van der Waals surface area contributed by atoms with E-state index in [1.165, 1.54) is 23.5 Å². The Hall–Kier alpha value is -1.84. The van der Waals surface area contributed by atoms with Crippen LogP contribution in [0.25, 0.3) is 0 Å². The van der Waals surface area contributed by atoms with E-state index in [0.717, 1.165) is 0 Å². The summed E-state index contributed by atoms with van der Waals surface area (Å²) in [4.78, 5) is 11.5. The zero-order valence-electron chi connectivity index (χ0n) is 13.8. The van der Waals surface area contributed by atoms with Crippen LogP contribution in [0.3, 0.4) is 0 Å². The van der Waals surface area contributed by atoms with Crippen molar-refractivity contribution in [2.75, 3.05) is 32.1 Å². The average Bonchev–Trinajstić information content (AvgIpc) is 2.55. The number of carbonyl (C=O) groups excluding carboxylic acids is 1. The highest BCUT2D eigenvalue weighted by atomic mass is 32.2. The third kappa shape index (κ3) is 2.94. The molecule has 132 valence electrons. The quantitative estimate of drug-likeness (QED) is 0.815. The molecule has 1 saturated heterocycles. The summed E-state index contributed by atoms with van der Waals surface area (Å²) in [5.41, 5.74) is 0.406. The minimum atomic E-state index is -3.76. The van der Waals surface area contributed by atoms with Crippen LogP contribution in [-0.2, 0) is 14.8 Å². The summed E-state index contributed by atoms with van der Waals surface area (Å²) in [6.45, 7) is 4.62. The van der Waals surface area contributed by atoms with Crippen molar-refractivity contribution in [2.45, 2.75) is 30.8 Å². The van der Waals surface area contributed by atoms with Crippen LogP contribution < -0.4 is 20.1 Å². The van der Waals surface area contributed by atoms with Gasteiger partial charge in [-0.25, -0.2) is 8.42 Å². The summed E-state index contributed by atoms with van der Waals surface area (Å²) < 4.78 is 38.4. The van der Waals surface area contributed by atoms with Crippen LogP contribution in [-0.4, -0.2) is 57.5 Å². The van der Waals surface area contributed by atoms with Crippen LogP contribution in [0.5, 0.6) is 11.5 Å². The van der Waals surface area contributed by atoms with Crippen LogP contribution in [0.1, 0.15) is 13.8 Å². The second-order valence-electron chi connectivity index (χ2n) is 6.07. The van der Waals surface area contributed by atoms with Gasteiger partial charge in [-0.1, -0.05) is 0 Å². The van der Waals surface area contributed by atoms with Gasteiger partial charge in [-0.3, -0.25) is 4.79 Å². The maximum absolute atomic E-state index is 13.1. The molecule has 1 aromatic carbocycles. The number of fused-ring (bicyclic) bond motifs is 1. The number of benzene rings is 1. The van der Waals surface area contributed by atoms with E-state index in [4.69, 9.17) is 9.47 Å². The maximum atomic E-state index is 13.1. The molecule has 0 bridgehead atoms. The fourth-order valence-electron chi connectivity index (χ4n) is 2.90. The molecule has 1 amide bonds. The molecule has 1 fully saturated rings. The van der Waals surface area contributed by atoms with Gasteiger partial charge in [0.25, 0.3) is 5.91 Å². The van der Waals surface area contributed by atoms with Crippen molar-refractivity contribution in [1.29, 1.82) is 0 Å². The molecule has 0 radical (unpaired) electrons. The predicted molar refractivity (Wildman–Crippen MR) is 87.9 cm³/mol. The summed E-state index contributed by atoms with van der Waals surface area (Å²) in [6, 6.07) is 2.79. The van der Waals surface area contributed by atoms with Crippen LogP contribution >= 0.6 is 0 Å². The molecule has 2 aliphatic rings. The molecule has 0 aromatic heterocycles. The Bertz CT molecular complexity index is 765. The highest BCUT2D eigenvalue weighted by molar-refractivity contribution is 7.89. The zero-order chi connectivity index (χ0) is 17.5. The van der Waals surface area contributed by atoms with Crippen molar-refractivity contribution in [3.05, 3.63) is 12.1 Å². The number of sulfonamides is 1. The molecule has 8 nitrogen and oxygen atoms in total. The first-order valence-corrected chi connectivity index (χ1v) is 9.17. The fourth-order valence-corrected chi connectivity index (χ4v) is 4.77. The summed E-state index contributed by atoms with van der Waals surface area (Å²) >= 11 is 0. The van der Waals surface area contributed by atoms with Gasteiger partial charge in [0.1, 0.15) is 16.4 Å². The minimum Gasteiger partial charge on any atom is -0.495 e. The lowest BCUT2D eigenvalue weighted by atomic mass is 10.2. The Kier molecular flexibility index (Phi) is 4.41. The first-order chi connectivity index (χ1) is 11.3. The van der Waals surface area contributed by atoms with E-state index in [2.05, 4.69) is 10.6 Å². The molecule has 9 heteroatoms. The molecule has 2 N–H and O–H groups in total. The topological polar surface area (TPSA) is 97.0 Å². The Balaban J connectivity index is 2.05. The number of nitrogens with one attached hydrogen (secondary N) is 2. The van der Waals surface area contributed by atoms with E-state index in [9.17, 15) is 13.2 Å². The third-order valence-electron chi connectivity index (χ3n) is 4.19. The van der Waals surface area contributed by atoms with Crippen molar-refractivity contribution in [1.82, 2.24) is 9.62 Å². The molecule has 24 heavy (non-hydrogen) atoms. The monoisotopic (exact) mass is 355 g/mol. The minimum absolute atomic E-state index is 0.0425. The number of methoxy groups -OCH3 is 1. The Morgan fingerprint density at radius 1 is 1.33 bits per heavy atom. The van der Waals surface area contributed by atoms with Crippen LogP contribution in [0.2, 0.25) is 0 Å². The number of hydrogen-bond donors (Lipinski definition) is 2. The van der Waals surface area contributed by atoms with Crippen molar-refractivity contribution >= 4 is 21.6 Å². The van der Waals surface area contributed by atoms with E-state index >= 15 is 0 Å². The number of piperazine rings is 1. The Morgan fingerprint density at radius 2 is 2.08 bits per heavy atom. The molecule has 2 atom stereocenters. The number of anilines is 1. The van der Waals surface area contributed by atoms with Crippen molar-refractivity contribution in [3.63, 3.8) is 0 Å².